The molecule has 0 aromatic heterocycles. The van der Waals surface area contributed by atoms with Gasteiger partial charge in [0.05, 0.1) is 31.2 Å². The van der Waals surface area contributed by atoms with Crippen LogP contribution < -0.4 is 91.6 Å². The lowest BCUT2D eigenvalue weighted by Gasteiger charge is -2.33. The molecule has 8 saturated heterocycles. The van der Waals surface area contributed by atoms with Crippen LogP contribution >= 0.6 is 35.3 Å². The molecule has 0 saturated carbocycles. The van der Waals surface area contributed by atoms with Gasteiger partial charge in [0.15, 0.2) is 0 Å². The quantitative estimate of drug-likeness (QED) is 0.0389. The van der Waals surface area contributed by atoms with Gasteiger partial charge in [-0.3, -0.25) is 110 Å². The fraction of sp³-hybridized carbons (Fsp3) is 0.516. The first kappa shape index (κ1) is 112. The summed E-state index contributed by atoms with van der Waals surface area (Å²) >= 11 is 2.92. The summed E-state index contributed by atoms with van der Waals surface area (Å²) in [7, 11) is 0. The summed E-state index contributed by atoms with van der Waals surface area (Å²) in [5.41, 5.74) is 14.8. The number of hydrogen-bond donors (Lipinski definition) is 22. The van der Waals surface area contributed by atoms with Crippen molar-refractivity contribution in [2.24, 2.45) is 39.4 Å². The van der Waals surface area contributed by atoms with E-state index in [1.165, 1.54) is 82.3 Å². The van der Waals surface area contributed by atoms with Gasteiger partial charge >= 0.3 is 23.9 Å². The number of nitrogens with one attached hydrogen (secondary N) is 14. The van der Waals surface area contributed by atoms with Crippen LogP contribution in [0.1, 0.15) is 109 Å². The summed E-state index contributed by atoms with van der Waals surface area (Å²) in [6.45, 7) is 6.76. The van der Waals surface area contributed by atoms with Crippen LogP contribution in [-0.4, -0.2) is 341 Å². The zero-order valence-corrected chi connectivity index (χ0v) is 81.8. The largest absolute Gasteiger partial charge is 0.508 e. The number of nitrogens with zero attached hydrogens (tertiary/aromatic N) is 3. The molecule has 12 rings (SSSR count). The van der Waals surface area contributed by atoms with Crippen molar-refractivity contribution in [1.82, 2.24) is 89.1 Å². The molecule has 25 N–H and O–H groups in total. The predicted octanol–water partition coefficient (Wildman–Crippen LogP) is -6.05. The number of carboxylic acid groups (broad SMARTS) is 4. The molecule has 48 nitrogen and oxygen atoms in total. The van der Waals surface area contributed by atoms with Gasteiger partial charge in [0.1, 0.15) is 90.3 Å². The third-order valence-electron chi connectivity index (χ3n) is 25.5. The maximum absolute atomic E-state index is 15.7. The summed E-state index contributed by atoms with van der Waals surface area (Å²) in [4.78, 5) is 336. The Hall–Kier alpha value is -14.2. The molecule has 19 amide bonds. The zero-order chi connectivity index (χ0) is 106. The smallest absolute Gasteiger partial charge is 0.309 e. The normalized spacial score (nSPS) is 27.8. The highest BCUT2D eigenvalue weighted by molar-refractivity contribution is 7.99. The van der Waals surface area contributed by atoms with Crippen molar-refractivity contribution >= 4 is 182 Å². The van der Waals surface area contributed by atoms with Gasteiger partial charge < -0.3 is 132 Å². The van der Waals surface area contributed by atoms with Crippen molar-refractivity contribution in [2.45, 2.75) is 202 Å². The highest BCUT2D eigenvalue weighted by Gasteiger charge is 2.69. The first-order valence-corrected chi connectivity index (χ1v) is 49.8. The molecular formula is C93H120N20O28S3. The Bertz CT molecular complexity index is 5550. The summed E-state index contributed by atoms with van der Waals surface area (Å²) in [6, 6.07) is -4.78. The molecular weight excluding hydrogens is 1940 g/mol. The van der Waals surface area contributed by atoms with Crippen LogP contribution in [0.25, 0.3) is 10.8 Å². The average molecular weight is 2060 g/mol. The highest BCUT2D eigenvalue weighted by atomic mass is 32.2. The van der Waals surface area contributed by atoms with Crippen LogP contribution in [0, 0.1) is 22.2 Å². The molecule has 8 heterocycles. The number of thioether (sulfide) groups is 3. The van der Waals surface area contributed by atoms with E-state index in [-0.39, 0.29) is 110 Å². The Balaban J connectivity index is 1.08. The summed E-state index contributed by atoms with van der Waals surface area (Å²) in [6.07, 6.45) is -9.04. The Morgan fingerprint density at radius 2 is 0.882 bits per heavy atom. The van der Waals surface area contributed by atoms with Crippen molar-refractivity contribution < 1.29 is 136 Å². The lowest BCUT2D eigenvalue weighted by atomic mass is 9.71. The van der Waals surface area contributed by atoms with Gasteiger partial charge in [-0.15, -0.1) is 0 Å². The van der Waals surface area contributed by atoms with E-state index in [2.05, 4.69) is 74.4 Å². The average Bonchev–Trinajstić information content (AvgIpc) is 1.52. The van der Waals surface area contributed by atoms with Gasteiger partial charge in [-0.05, 0) is 71.7 Å². The van der Waals surface area contributed by atoms with E-state index in [1.54, 1.807) is 57.2 Å². The van der Waals surface area contributed by atoms with Gasteiger partial charge in [-0.25, -0.2) is 0 Å². The molecule has 778 valence electrons. The molecule has 2 spiro atoms. The lowest BCUT2D eigenvalue weighted by molar-refractivity contribution is -0.147. The van der Waals surface area contributed by atoms with Crippen molar-refractivity contribution in [1.29, 1.82) is 0 Å². The van der Waals surface area contributed by atoms with E-state index in [0.29, 0.717) is 10.8 Å². The number of benzene rings is 4. The van der Waals surface area contributed by atoms with Crippen LogP contribution in [0.5, 0.6) is 5.75 Å². The minimum atomic E-state index is -2.49. The molecule has 18 atom stereocenters. The van der Waals surface area contributed by atoms with Gasteiger partial charge in [0.2, 0.25) is 112 Å². The molecule has 4 unspecified atom stereocenters. The molecule has 51 heteroatoms. The standard InChI is InChI=1S/C93H120N20O28S3/c1-46(94)76(126)107-64-38-143-28-25-68(117)112-42-92-40-111-41-93(92,43-112)45-113(44-92)69(118)26-29-144-39-65-87(137)103-59(33-54(90(140)141)73(88(138)108-65)109-84(134)58(32-51-16-11-15-50-14-9-10-17-53(50)51)102-78(128)55(22-23-70(119)120)98-82(132)60(34-66(95)115)99-77(127)47(2)97-86(64)136)81(131)104-61(35-71(121)122)83(133)101-56(30-48-12-7-6-8-13-48)79(129)100-57(31-49-18-20-52(114)21-19-49)80(130)105-62(36-72(123)124)85(135)110-74(91(3,4)5)89(139)106-63(75(96)125)37-142-27-24-67(111)116/h6-21,46-47,54-65,73-74,114H,22-45,94H2,1-5H3,(H2,95,115)(H2,96,125)(H,97,136)(H,98,132)(H,99,127)(H,100,129)(H,101,133)(H,102,128)(H,103,137)(H,104,131)(H,105,130)(H,106,139)(H,107,126)(H,108,138)(H,109,134)(H,110,135)(H,119,120)(H,121,122)(H,123,124)(H,140,141)/t46-,47+,54?,55-,56-,57-,58-,59-,60-,61-,62?,63-,64-,65-,73+,74+,92?,93?/m0/s1. The Kier molecular flexibility index (Phi) is 38.9. The molecule has 144 heavy (non-hydrogen) atoms. The van der Waals surface area contributed by atoms with E-state index >= 15 is 38.4 Å². The molecule has 0 aliphatic carbocycles. The SMILES string of the molecule is C[C@H](N)C(=O)N[C@H]1CSCCC(=O)N2CC34CN5CC3(C2)CN(C4)C(=O)CCSC[C@@H]2NC(=O)[C@H](NC(=O)[C@H](Cc3cccc4ccccc34)NC(=O)[C@H](CCC(=O)O)NC(=O)[C@H](CC(N)=O)NC(=O)[C@@H](C)NC1=O)C(C(=O)O)C[C@H](NC2=O)C(=O)N[C@@H](CC(=O)O)C(=O)N[C@@H](Cc1ccccc1)C(=O)N[C@@H](Cc1ccc(O)cc1)C(=O)NC(CC(=O)O)C(=O)N[C@@H](C(C)(C)C)C(=O)N[C@H](C(N)=O)CSCCC5=O. The number of fused-ring (bicyclic) bond motifs is 42. The van der Waals surface area contributed by atoms with Crippen LogP contribution in [0.4, 0.5) is 0 Å². The summed E-state index contributed by atoms with van der Waals surface area (Å²) in [5.74, 6) is -32.5. The van der Waals surface area contributed by atoms with E-state index in [4.69, 9.17) is 17.2 Å². The molecule has 8 bridgehead atoms. The number of rotatable bonds is 19. The monoisotopic (exact) mass is 2060 g/mol. The number of aromatic hydroxyl groups is 1. The van der Waals surface area contributed by atoms with Crippen molar-refractivity contribution in [3.63, 3.8) is 0 Å². The maximum Gasteiger partial charge on any atom is 0.309 e. The number of hydrogen-bond acceptors (Lipinski definition) is 28. The summed E-state index contributed by atoms with van der Waals surface area (Å²) < 4.78 is 0. The van der Waals surface area contributed by atoms with Crippen molar-refractivity contribution in [3.8, 4) is 5.75 Å². The number of amides is 19. The van der Waals surface area contributed by atoms with Crippen LogP contribution in [0.15, 0.2) is 97.1 Å². The molecule has 4 aromatic carbocycles. The fourth-order valence-corrected chi connectivity index (χ4v) is 20.7. The second-order valence-electron chi connectivity index (χ2n) is 37.6. The third-order valence-corrected chi connectivity index (χ3v) is 28.7. The van der Waals surface area contributed by atoms with Crippen LogP contribution in [0.3, 0.4) is 0 Å². The van der Waals surface area contributed by atoms with E-state index in [9.17, 15) is 97.5 Å². The zero-order valence-electron chi connectivity index (χ0n) is 79.4. The number of aliphatic carboxylic acids is 4. The number of carboxylic acids is 4. The molecule has 8 aliphatic rings. The second-order valence-corrected chi connectivity index (χ2v) is 41.0. The second kappa shape index (κ2) is 50.1. The maximum atomic E-state index is 15.7. The number of phenols is 1. The number of nitrogens with two attached hydrogens (primary N) is 3. The number of phenolic OH excluding ortho intramolecular Hbond substituents is 1. The van der Waals surface area contributed by atoms with E-state index in [1.807, 2.05) is 0 Å². The van der Waals surface area contributed by atoms with Crippen molar-refractivity contribution in [2.75, 3.05) is 73.8 Å². The number of carbonyl (C=O) groups excluding carboxylic acids is 19. The number of primary amides is 2. The Morgan fingerprint density at radius 3 is 1.40 bits per heavy atom. The van der Waals surface area contributed by atoms with Gasteiger partial charge in [0.25, 0.3) is 0 Å². The minimum Gasteiger partial charge on any atom is -0.508 e. The van der Waals surface area contributed by atoms with Gasteiger partial charge in [0, 0.05) is 130 Å². The Labute approximate surface area is 837 Å². The topological polar surface area (TPSA) is 750 Å². The molecule has 0 radical (unpaired) electrons. The minimum absolute atomic E-state index is 0.000850. The molecule has 8 fully saturated rings. The molecule has 4 aromatic rings. The predicted molar refractivity (Wildman–Crippen MR) is 516 cm³/mol. The van der Waals surface area contributed by atoms with E-state index in [0.717, 1.165) is 42.2 Å². The van der Waals surface area contributed by atoms with E-state index < -0.39 is 312 Å². The third kappa shape index (κ3) is 30.4. The Morgan fingerprint density at radius 1 is 0.444 bits per heavy atom. The summed E-state index contributed by atoms with van der Waals surface area (Å²) in [5, 5.41) is 87.3. The lowest BCUT2D eigenvalue weighted by Crippen LogP contribution is -2.62. The number of carbonyl (C=O) groups is 23. The van der Waals surface area contributed by atoms with Crippen LogP contribution in [-0.2, 0) is 130 Å². The van der Waals surface area contributed by atoms with Gasteiger partial charge in [-0.1, -0.05) is 106 Å². The highest BCUT2D eigenvalue weighted by Crippen LogP contribution is 2.57. The first-order chi connectivity index (χ1) is 68.0. The van der Waals surface area contributed by atoms with Gasteiger partial charge in [-0.2, -0.15) is 35.3 Å². The van der Waals surface area contributed by atoms with Crippen molar-refractivity contribution in [3.05, 3.63) is 114 Å². The van der Waals surface area contributed by atoms with Crippen LogP contribution in [0.2, 0.25) is 0 Å². The fourth-order valence-electron chi connectivity index (χ4n) is 17.9. The molecule has 8 aliphatic heterocycles. The first-order valence-electron chi connectivity index (χ1n) is 46.3.